The van der Waals surface area contributed by atoms with Crippen LogP contribution in [0.1, 0.15) is 16.7 Å². The highest BCUT2D eigenvalue weighted by molar-refractivity contribution is 6.02. The van der Waals surface area contributed by atoms with E-state index in [1.54, 1.807) is 7.05 Å². The number of benzene rings is 2. The predicted molar refractivity (Wildman–Crippen MR) is 121 cm³/mol. The zero-order chi connectivity index (χ0) is 21.7. The molecule has 156 valence electrons. The second-order valence-corrected chi connectivity index (χ2v) is 7.77. The molecule has 31 heavy (non-hydrogen) atoms. The van der Waals surface area contributed by atoms with Crippen LogP contribution in [0.4, 0.5) is 5.95 Å². The van der Waals surface area contributed by atoms with Crippen molar-refractivity contribution in [3.8, 4) is 0 Å². The molecule has 2 aromatic carbocycles. The highest BCUT2D eigenvalue weighted by Gasteiger charge is 2.28. The standard InChI is InChI=1S/C23H22N6O2/c1-15-9-7-8-12-17(15)13-29-22-24-20-19(21(30)27(3)23(31)26(20)2)28(22)14-18(25-29)16-10-5-4-6-11-16/h4-12H,13-14H2,1-3H3. The molecular weight excluding hydrogens is 392 g/mol. The Morgan fingerprint density at radius 2 is 1.65 bits per heavy atom. The highest BCUT2D eigenvalue weighted by atomic mass is 16.2. The fourth-order valence-electron chi connectivity index (χ4n) is 3.99. The molecule has 0 atom stereocenters. The van der Waals surface area contributed by atoms with Gasteiger partial charge >= 0.3 is 5.69 Å². The van der Waals surface area contributed by atoms with Crippen molar-refractivity contribution >= 4 is 22.8 Å². The molecule has 0 bridgehead atoms. The first-order chi connectivity index (χ1) is 15.0. The van der Waals surface area contributed by atoms with Gasteiger partial charge in [0.15, 0.2) is 11.2 Å². The number of anilines is 1. The summed E-state index contributed by atoms with van der Waals surface area (Å²) in [5.41, 5.74) is 4.07. The SMILES string of the molecule is Cc1ccccc1CN1N=C(c2ccccc2)Cn2c1nc1c2c(=O)n(C)c(=O)n1C. The zero-order valence-corrected chi connectivity index (χ0v) is 17.6. The first kappa shape index (κ1) is 19.0. The van der Waals surface area contributed by atoms with Crippen molar-refractivity contribution in [3.63, 3.8) is 0 Å². The average Bonchev–Trinajstić information content (AvgIpc) is 3.18. The van der Waals surface area contributed by atoms with Gasteiger partial charge < -0.3 is 0 Å². The Hall–Kier alpha value is -3.94. The average molecular weight is 414 g/mol. The van der Waals surface area contributed by atoms with Crippen LogP contribution in [-0.2, 0) is 27.2 Å². The van der Waals surface area contributed by atoms with Crippen molar-refractivity contribution in [2.75, 3.05) is 5.01 Å². The van der Waals surface area contributed by atoms with Gasteiger partial charge in [-0.3, -0.25) is 18.5 Å². The largest absolute Gasteiger partial charge is 0.332 e. The maximum atomic E-state index is 13.0. The summed E-state index contributed by atoms with van der Waals surface area (Å²) in [7, 11) is 3.12. The second-order valence-electron chi connectivity index (χ2n) is 7.77. The van der Waals surface area contributed by atoms with Gasteiger partial charge in [-0.1, -0.05) is 54.6 Å². The van der Waals surface area contributed by atoms with Crippen LogP contribution in [0.15, 0.2) is 69.3 Å². The molecule has 0 aliphatic carbocycles. The molecule has 3 heterocycles. The van der Waals surface area contributed by atoms with Crippen molar-refractivity contribution in [1.82, 2.24) is 18.7 Å². The molecule has 0 saturated heterocycles. The fraction of sp³-hybridized carbons (Fsp3) is 0.217. The molecule has 5 rings (SSSR count). The van der Waals surface area contributed by atoms with E-state index >= 15 is 0 Å². The molecule has 4 aromatic rings. The Balaban J connectivity index is 1.75. The summed E-state index contributed by atoms with van der Waals surface area (Å²) in [4.78, 5) is 30.2. The third kappa shape index (κ3) is 2.99. The molecule has 0 radical (unpaired) electrons. The van der Waals surface area contributed by atoms with Crippen molar-refractivity contribution in [1.29, 1.82) is 0 Å². The van der Waals surface area contributed by atoms with E-state index in [1.165, 1.54) is 11.6 Å². The van der Waals surface area contributed by atoms with Crippen LogP contribution in [0.25, 0.3) is 11.2 Å². The van der Waals surface area contributed by atoms with Crippen LogP contribution in [-0.4, -0.2) is 24.4 Å². The minimum atomic E-state index is -0.400. The number of rotatable bonds is 3. The van der Waals surface area contributed by atoms with E-state index in [2.05, 4.69) is 24.0 Å². The first-order valence-corrected chi connectivity index (χ1v) is 10.1. The van der Waals surface area contributed by atoms with E-state index in [0.717, 1.165) is 27.0 Å². The Morgan fingerprint density at radius 1 is 0.935 bits per heavy atom. The summed E-state index contributed by atoms with van der Waals surface area (Å²) < 4.78 is 4.40. The lowest BCUT2D eigenvalue weighted by Crippen LogP contribution is -2.38. The monoisotopic (exact) mass is 414 g/mol. The summed E-state index contributed by atoms with van der Waals surface area (Å²) in [6, 6.07) is 18.0. The van der Waals surface area contributed by atoms with Crippen LogP contribution in [0.3, 0.4) is 0 Å². The maximum Gasteiger partial charge on any atom is 0.332 e. The smallest absolute Gasteiger partial charge is 0.297 e. The summed E-state index contributed by atoms with van der Waals surface area (Å²) in [6.45, 7) is 2.96. The highest BCUT2D eigenvalue weighted by Crippen LogP contribution is 2.27. The van der Waals surface area contributed by atoms with E-state index in [4.69, 9.17) is 5.10 Å². The lowest BCUT2D eigenvalue weighted by Gasteiger charge is -2.26. The molecule has 0 fully saturated rings. The molecule has 0 unspecified atom stereocenters. The van der Waals surface area contributed by atoms with Gasteiger partial charge in [-0.2, -0.15) is 10.1 Å². The fourth-order valence-corrected chi connectivity index (χ4v) is 3.99. The van der Waals surface area contributed by atoms with Crippen molar-refractivity contribution in [2.45, 2.75) is 20.0 Å². The van der Waals surface area contributed by atoms with E-state index in [1.807, 2.05) is 52.0 Å². The van der Waals surface area contributed by atoms with Gasteiger partial charge in [-0.15, -0.1) is 0 Å². The normalized spacial score (nSPS) is 13.4. The van der Waals surface area contributed by atoms with Crippen LogP contribution in [0.5, 0.6) is 0 Å². The van der Waals surface area contributed by atoms with Gasteiger partial charge in [0.25, 0.3) is 5.56 Å². The number of hydrazone groups is 1. The molecule has 0 spiro atoms. The minimum absolute atomic E-state index is 0.359. The van der Waals surface area contributed by atoms with Gasteiger partial charge in [0.05, 0.1) is 18.8 Å². The van der Waals surface area contributed by atoms with E-state index in [0.29, 0.717) is 30.2 Å². The number of nitrogens with zero attached hydrogens (tertiary/aromatic N) is 6. The van der Waals surface area contributed by atoms with Crippen LogP contribution in [0.2, 0.25) is 0 Å². The van der Waals surface area contributed by atoms with E-state index < -0.39 is 5.69 Å². The Morgan fingerprint density at radius 3 is 2.39 bits per heavy atom. The third-order valence-corrected chi connectivity index (χ3v) is 5.80. The van der Waals surface area contributed by atoms with Crippen LogP contribution in [0, 0.1) is 6.92 Å². The Kier molecular flexibility index (Phi) is 4.35. The summed E-state index contributed by atoms with van der Waals surface area (Å²) in [5.74, 6) is 0.552. The van der Waals surface area contributed by atoms with Gasteiger partial charge in [0.1, 0.15) is 0 Å². The number of aromatic nitrogens is 4. The molecule has 8 heteroatoms. The molecule has 8 nitrogen and oxygen atoms in total. The number of fused-ring (bicyclic) bond motifs is 3. The number of aryl methyl sites for hydroxylation is 2. The molecule has 2 aromatic heterocycles. The molecule has 1 aliphatic rings. The van der Waals surface area contributed by atoms with Gasteiger partial charge in [0, 0.05) is 14.1 Å². The molecule has 0 saturated carbocycles. The molecule has 0 N–H and O–H groups in total. The Labute approximate surface area is 178 Å². The molecular formula is C23H22N6O2. The second kappa shape index (κ2) is 7.09. The lowest BCUT2D eigenvalue weighted by molar-refractivity contribution is 0.699. The van der Waals surface area contributed by atoms with E-state index in [9.17, 15) is 9.59 Å². The van der Waals surface area contributed by atoms with Crippen LogP contribution >= 0.6 is 0 Å². The minimum Gasteiger partial charge on any atom is -0.297 e. The lowest BCUT2D eigenvalue weighted by atomic mass is 10.1. The van der Waals surface area contributed by atoms with Crippen molar-refractivity contribution in [2.24, 2.45) is 19.2 Å². The first-order valence-electron chi connectivity index (χ1n) is 10.1. The zero-order valence-electron chi connectivity index (χ0n) is 17.6. The summed E-state index contributed by atoms with van der Waals surface area (Å²) >= 11 is 0. The van der Waals surface area contributed by atoms with E-state index in [-0.39, 0.29) is 5.56 Å². The quantitative estimate of drug-likeness (QED) is 0.515. The topological polar surface area (TPSA) is 77.4 Å². The maximum absolute atomic E-state index is 13.0. The summed E-state index contributed by atoms with van der Waals surface area (Å²) in [6.07, 6.45) is 0. The van der Waals surface area contributed by atoms with Gasteiger partial charge in [-0.25, -0.2) is 9.80 Å². The molecule has 0 amide bonds. The number of hydrogen-bond donors (Lipinski definition) is 0. The van der Waals surface area contributed by atoms with Crippen LogP contribution < -0.4 is 16.3 Å². The number of imidazole rings is 1. The number of hydrogen-bond acceptors (Lipinski definition) is 5. The molecule has 1 aliphatic heterocycles. The summed E-state index contributed by atoms with van der Waals surface area (Å²) in [5, 5.41) is 6.72. The third-order valence-electron chi connectivity index (χ3n) is 5.80. The van der Waals surface area contributed by atoms with Crippen molar-refractivity contribution < 1.29 is 0 Å². The predicted octanol–water partition coefficient (Wildman–Crippen LogP) is 2.17. The van der Waals surface area contributed by atoms with Gasteiger partial charge in [0.2, 0.25) is 5.95 Å². The Bertz CT molecular complexity index is 1460. The van der Waals surface area contributed by atoms with Gasteiger partial charge in [-0.05, 0) is 23.6 Å². The van der Waals surface area contributed by atoms with Crippen molar-refractivity contribution in [3.05, 3.63) is 92.1 Å².